The maximum Gasteiger partial charge on any atom is 0.290 e. The molecular formula is C12H17NO2. The van der Waals surface area contributed by atoms with E-state index in [-0.39, 0.29) is 6.47 Å². The molecule has 1 fully saturated rings. The molecule has 0 atom stereocenters. The molecule has 1 aromatic rings. The van der Waals surface area contributed by atoms with E-state index < -0.39 is 0 Å². The Labute approximate surface area is 89.9 Å². The van der Waals surface area contributed by atoms with Crippen LogP contribution in [0.15, 0.2) is 24.3 Å². The maximum atomic E-state index is 8.36. The fourth-order valence-corrected chi connectivity index (χ4v) is 1.72. The van der Waals surface area contributed by atoms with Gasteiger partial charge in [0.2, 0.25) is 0 Å². The topological polar surface area (TPSA) is 63.3 Å². The summed E-state index contributed by atoms with van der Waals surface area (Å²) in [6.45, 7) is 0.417. The fourth-order valence-electron chi connectivity index (χ4n) is 1.72. The number of hydrogen-bond acceptors (Lipinski definition) is 2. The molecule has 1 aromatic carbocycles. The van der Waals surface area contributed by atoms with E-state index in [1.54, 1.807) is 0 Å². The van der Waals surface area contributed by atoms with E-state index in [0.29, 0.717) is 6.54 Å². The summed E-state index contributed by atoms with van der Waals surface area (Å²) in [5, 5.41) is 6.89. The Balaban J connectivity index is 0.000000337. The van der Waals surface area contributed by atoms with Crippen LogP contribution in [0.3, 0.4) is 0 Å². The molecule has 0 unspecified atom stereocenters. The van der Waals surface area contributed by atoms with E-state index in [0.717, 1.165) is 5.92 Å². The van der Waals surface area contributed by atoms with E-state index in [2.05, 4.69) is 24.3 Å². The second-order valence-electron chi connectivity index (χ2n) is 3.68. The highest BCUT2D eigenvalue weighted by Crippen LogP contribution is 2.36. The Kier molecular flexibility index (Phi) is 4.84. The summed E-state index contributed by atoms with van der Waals surface area (Å²) < 4.78 is 0. The van der Waals surface area contributed by atoms with Crippen LogP contribution in [0.1, 0.15) is 36.3 Å². The third-order valence-electron chi connectivity index (χ3n) is 2.76. The number of carbonyl (C=O) groups is 1. The first kappa shape index (κ1) is 11.7. The summed E-state index contributed by atoms with van der Waals surface area (Å²) in [6.07, 6.45) is 4.14. The smallest absolute Gasteiger partial charge is 0.290 e. The van der Waals surface area contributed by atoms with E-state index in [4.69, 9.17) is 15.6 Å². The molecule has 0 bridgehead atoms. The summed E-state index contributed by atoms with van der Waals surface area (Å²) in [5.74, 6) is 0.830. The summed E-state index contributed by atoms with van der Waals surface area (Å²) in [5.41, 5.74) is 8.33. The van der Waals surface area contributed by atoms with E-state index >= 15 is 0 Å². The van der Waals surface area contributed by atoms with Gasteiger partial charge in [0, 0.05) is 6.54 Å². The minimum Gasteiger partial charge on any atom is -0.483 e. The summed E-state index contributed by atoms with van der Waals surface area (Å²) in [7, 11) is 0. The van der Waals surface area contributed by atoms with Crippen molar-refractivity contribution in [1.82, 2.24) is 0 Å². The Bertz CT molecular complexity index is 308. The number of nitrogens with two attached hydrogens (primary N) is 1. The average molecular weight is 207 g/mol. The molecule has 82 valence electrons. The SMILES string of the molecule is NCc1cccc(C2CCC2)c1.O=CO. The largest absolute Gasteiger partial charge is 0.483 e. The van der Waals surface area contributed by atoms with Crippen molar-refractivity contribution < 1.29 is 9.90 Å². The van der Waals surface area contributed by atoms with Crippen molar-refractivity contribution in [3.8, 4) is 0 Å². The highest BCUT2D eigenvalue weighted by Gasteiger charge is 2.18. The normalized spacial score (nSPS) is 14.7. The summed E-state index contributed by atoms with van der Waals surface area (Å²) in [4.78, 5) is 8.36. The number of benzene rings is 1. The van der Waals surface area contributed by atoms with Crippen LogP contribution in [-0.4, -0.2) is 11.6 Å². The van der Waals surface area contributed by atoms with Crippen molar-refractivity contribution in [2.45, 2.75) is 31.7 Å². The molecule has 0 amide bonds. The van der Waals surface area contributed by atoms with Gasteiger partial charge in [0.1, 0.15) is 0 Å². The quantitative estimate of drug-likeness (QED) is 0.730. The van der Waals surface area contributed by atoms with Crippen LogP contribution >= 0.6 is 0 Å². The molecule has 0 spiro atoms. The van der Waals surface area contributed by atoms with Crippen molar-refractivity contribution in [3.05, 3.63) is 35.4 Å². The monoisotopic (exact) mass is 207 g/mol. The Morgan fingerprint density at radius 2 is 2.13 bits per heavy atom. The van der Waals surface area contributed by atoms with Gasteiger partial charge in [0.25, 0.3) is 6.47 Å². The number of carboxylic acid groups (broad SMARTS) is 1. The van der Waals surface area contributed by atoms with Gasteiger partial charge in [-0.2, -0.15) is 0 Å². The van der Waals surface area contributed by atoms with Crippen LogP contribution in [0.4, 0.5) is 0 Å². The molecule has 1 saturated carbocycles. The third kappa shape index (κ3) is 3.36. The van der Waals surface area contributed by atoms with Gasteiger partial charge in [0.15, 0.2) is 0 Å². The molecule has 3 N–H and O–H groups in total. The lowest BCUT2D eigenvalue weighted by atomic mass is 9.80. The fraction of sp³-hybridized carbons (Fsp3) is 0.417. The first-order valence-corrected chi connectivity index (χ1v) is 5.18. The van der Waals surface area contributed by atoms with Crippen LogP contribution in [0, 0.1) is 0 Å². The lowest BCUT2D eigenvalue weighted by Gasteiger charge is -2.26. The number of hydrogen-bond donors (Lipinski definition) is 2. The van der Waals surface area contributed by atoms with Crippen molar-refractivity contribution in [1.29, 1.82) is 0 Å². The second kappa shape index (κ2) is 6.19. The predicted molar refractivity (Wildman–Crippen MR) is 59.6 cm³/mol. The van der Waals surface area contributed by atoms with Crippen LogP contribution in [-0.2, 0) is 11.3 Å². The Morgan fingerprint density at radius 3 is 2.60 bits per heavy atom. The van der Waals surface area contributed by atoms with Gasteiger partial charge < -0.3 is 10.8 Å². The Hall–Kier alpha value is -1.35. The molecule has 0 aliphatic heterocycles. The zero-order valence-electron chi connectivity index (χ0n) is 8.73. The standard InChI is InChI=1S/C11H15N.CH2O2/c12-8-9-3-1-6-11(7-9)10-4-2-5-10;2-1-3/h1,3,6-7,10H,2,4-5,8,12H2;1H,(H,2,3). The van der Waals surface area contributed by atoms with Gasteiger partial charge in [-0.15, -0.1) is 0 Å². The maximum absolute atomic E-state index is 8.36. The van der Waals surface area contributed by atoms with E-state index in [1.807, 2.05) is 0 Å². The van der Waals surface area contributed by atoms with Crippen LogP contribution in [0.25, 0.3) is 0 Å². The molecule has 15 heavy (non-hydrogen) atoms. The van der Waals surface area contributed by atoms with Crippen LogP contribution in [0.5, 0.6) is 0 Å². The molecule has 0 saturated heterocycles. The molecular weight excluding hydrogens is 190 g/mol. The molecule has 1 aliphatic rings. The summed E-state index contributed by atoms with van der Waals surface area (Å²) in [6, 6.07) is 8.70. The molecule has 0 radical (unpaired) electrons. The zero-order chi connectivity index (χ0) is 11.1. The first-order valence-electron chi connectivity index (χ1n) is 5.18. The highest BCUT2D eigenvalue weighted by molar-refractivity contribution is 5.32. The minimum absolute atomic E-state index is 0.250. The van der Waals surface area contributed by atoms with Gasteiger partial charge in [-0.05, 0) is 29.9 Å². The van der Waals surface area contributed by atoms with Gasteiger partial charge >= 0.3 is 0 Å². The van der Waals surface area contributed by atoms with E-state index in [1.165, 1.54) is 30.4 Å². The van der Waals surface area contributed by atoms with E-state index in [9.17, 15) is 0 Å². The van der Waals surface area contributed by atoms with Crippen LogP contribution < -0.4 is 5.73 Å². The van der Waals surface area contributed by atoms with Crippen molar-refractivity contribution >= 4 is 6.47 Å². The second-order valence-corrected chi connectivity index (χ2v) is 3.68. The van der Waals surface area contributed by atoms with Gasteiger partial charge in [-0.3, -0.25) is 4.79 Å². The zero-order valence-corrected chi connectivity index (χ0v) is 8.73. The molecule has 0 aromatic heterocycles. The number of rotatable bonds is 2. The molecule has 1 aliphatic carbocycles. The molecule has 3 nitrogen and oxygen atoms in total. The lowest BCUT2D eigenvalue weighted by Crippen LogP contribution is -2.09. The van der Waals surface area contributed by atoms with Gasteiger partial charge in [0.05, 0.1) is 0 Å². The van der Waals surface area contributed by atoms with Crippen LogP contribution in [0.2, 0.25) is 0 Å². The highest BCUT2D eigenvalue weighted by atomic mass is 16.3. The average Bonchev–Trinajstić information content (AvgIpc) is 2.17. The lowest BCUT2D eigenvalue weighted by molar-refractivity contribution is -0.122. The van der Waals surface area contributed by atoms with Crippen molar-refractivity contribution in [2.24, 2.45) is 5.73 Å². The minimum atomic E-state index is -0.250. The Morgan fingerprint density at radius 1 is 1.47 bits per heavy atom. The molecule has 3 heteroatoms. The van der Waals surface area contributed by atoms with Crippen molar-refractivity contribution in [3.63, 3.8) is 0 Å². The first-order chi connectivity index (χ1) is 7.31. The molecule has 2 rings (SSSR count). The predicted octanol–water partition coefficient (Wildman–Crippen LogP) is 2.11. The van der Waals surface area contributed by atoms with Gasteiger partial charge in [-0.25, -0.2) is 0 Å². The third-order valence-corrected chi connectivity index (χ3v) is 2.76. The van der Waals surface area contributed by atoms with Crippen molar-refractivity contribution in [2.75, 3.05) is 0 Å². The summed E-state index contributed by atoms with van der Waals surface area (Å²) >= 11 is 0. The van der Waals surface area contributed by atoms with Gasteiger partial charge in [-0.1, -0.05) is 30.7 Å². The molecule has 0 heterocycles.